The highest BCUT2D eigenvalue weighted by atomic mass is 32.1. The molecule has 0 atom stereocenters. The van der Waals surface area contributed by atoms with Crippen LogP contribution in [0.2, 0.25) is 0 Å². The van der Waals surface area contributed by atoms with Crippen molar-refractivity contribution in [3.63, 3.8) is 0 Å². The van der Waals surface area contributed by atoms with Gasteiger partial charge in [0, 0.05) is 17.3 Å². The summed E-state index contributed by atoms with van der Waals surface area (Å²) in [5.74, 6) is 0.466. The molecular formula is C24H18N4O2S. The standard InChI is InChI=1S/C24H18N4O2S/c29-23-21(25-24(31)27(23)16-20-12-7-13-30-20)14-18-15-28(19-10-5-2-6-11-19)26-22(18)17-8-3-1-4-9-17/h1-15H,16H2,(H,25,31)/b21-14+. The largest absolute Gasteiger partial charge is 0.467 e. The van der Waals surface area contributed by atoms with Gasteiger partial charge in [-0.05, 0) is 42.6 Å². The van der Waals surface area contributed by atoms with Crippen molar-refractivity contribution in [3.05, 3.63) is 102 Å². The summed E-state index contributed by atoms with van der Waals surface area (Å²) in [5.41, 5.74) is 3.89. The quantitative estimate of drug-likeness (QED) is 0.379. The van der Waals surface area contributed by atoms with Gasteiger partial charge in [0.1, 0.15) is 17.2 Å². The Hall–Kier alpha value is -3.97. The number of para-hydroxylation sites is 1. The molecule has 2 aromatic heterocycles. The molecule has 1 N–H and O–H groups in total. The molecule has 31 heavy (non-hydrogen) atoms. The number of benzene rings is 2. The number of hydrogen-bond acceptors (Lipinski definition) is 4. The van der Waals surface area contributed by atoms with Gasteiger partial charge >= 0.3 is 0 Å². The molecule has 1 fully saturated rings. The maximum atomic E-state index is 13.0. The van der Waals surface area contributed by atoms with Crippen LogP contribution in [-0.4, -0.2) is 25.7 Å². The van der Waals surface area contributed by atoms with Gasteiger partial charge in [-0.1, -0.05) is 48.5 Å². The van der Waals surface area contributed by atoms with E-state index in [0.29, 0.717) is 16.6 Å². The summed E-state index contributed by atoms with van der Waals surface area (Å²) in [4.78, 5) is 14.5. The van der Waals surface area contributed by atoms with Crippen LogP contribution in [0.1, 0.15) is 11.3 Å². The van der Waals surface area contributed by atoms with Crippen molar-refractivity contribution in [3.8, 4) is 16.9 Å². The number of nitrogens with one attached hydrogen (secondary N) is 1. The van der Waals surface area contributed by atoms with Crippen molar-refractivity contribution >= 4 is 29.3 Å². The van der Waals surface area contributed by atoms with Gasteiger partial charge in [0.15, 0.2) is 5.11 Å². The lowest BCUT2D eigenvalue weighted by Crippen LogP contribution is -2.29. The zero-order chi connectivity index (χ0) is 21.2. The van der Waals surface area contributed by atoms with Crippen LogP contribution >= 0.6 is 12.2 Å². The van der Waals surface area contributed by atoms with E-state index in [9.17, 15) is 4.79 Å². The number of furan rings is 1. The maximum Gasteiger partial charge on any atom is 0.276 e. The van der Waals surface area contributed by atoms with Crippen molar-refractivity contribution in [1.29, 1.82) is 0 Å². The van der Waals surface area contributed by atoms with Gasteiger partial charge < -0.3 is 9.73 Å². The predicted molar refractivity (Wildman–Crippen MR) is 122 cm³/mol. The number of carbonyl (C=O) groups excluding carboxylic acids is 1. The third kappa shape index (κ3) is 3.78. The zero-order valence-electron chi connectivity index (χ0n) is 16.4. The zero-order valence-corrected chi connectivity index (χ0v) is 17.3. The number of thiocarbonyl (C=S) groups is 1. The van der Waals surface area contributed by atoms with Crippen LogP contribution in [0.3, 0.4) is 0 Å². The molecule has 152 valence electrons. The molecule has 0 aliphatic carbocycles. The average molecular weight is 427 g/mol. The highest BCUT2D eigenvalue weighted by molar-refractivity contribution is 7.80. The molecular weight excluding hydrogens is 408 g/mol. The number of carbonyl (C=O) groups is 1. The van der Waals surface area contributed by atoms with Crippen LogP contribution in [0.15, 0.2) is 95.4 Å². The number of rotatable bonds is 5. The van der Waals surface area contributed by atoms with Crippen molar-refractivity contribution in [2.45, 2.75) is 6.54 Å². The van der Waals surface area contributed by atoms with E-state index in [4.69, 9.17) is 21.7 Å². The van der Waals surface area contributed by atoms with Gasteiger partial charge in [0.25, 0.3) is 5.91 Å². The van der Waals surface area contributed by atoms with E-state index >= 15 is 0 Å². The van der Waals surface area contributed by atoms with Crippen LogP contribution in [0.4, 0.5) is 0 Å². The molecule has 5 rings (SSSR count). The lowest BCUT2D eigenvalue weighted by atomic mass is 10.1. The second-order valence-electron chi connectivity index (χ2n) is 7.04. The van der Waals surface area contributed by atoms with E-state index in [-0.39, 0.29) is 12.5 Å². The number of nitrogens with zero attached hydrogens (tertiary/aromatic N) is 3. The van der Waals surface area contributed by atoms with E-state index < -0.39 is 0 Å². The normalized spacial score (nSPS) is 15.0. The second kappa shape index (κ2) is 8.04. The molecule has 0 unspecified atom stereocenters. The Morgan fingerprint density at radius 2 is 1.74 bits per heavy atom. The minimum atomic E-state index is -0.201. The summed E-state index contributed by atoms with van der Waals surface area (Å²) in [6.45, 7) is 0.282. The fourth-order valence-electron chi connectivity index (χ4n) is 3.46. The SMILES string of the molecule is O=C1/C(=C\c2cn(-c3ccccc3)nc2-c2ccccc2)NC(=S)N1Cc1ccco1. The molecule has 0 saturated carbocycles. The Morgan fingerprint density at radius 3 is 2.45 bits per heavy atom. The Labute approximate surface area is 184 Å². The summed E-state index contributed by atoms with van der Waals surface area (Å²) in [6, 6.07) is 23.3. The fourth-order valence-corrected chi connectivity index (χ4v) is 3.71. The molecule has 4 aromatic rings. The van der Waals surface area contributed by atoms with Crippen molar-refractivity contribution in [2.24, 2.45) is 0 Å². The molecule has 6 nitrogen and oxygen atoms in total. The summed E-state index contributed by atoms with van der Waals surface area (Å²) in [5, 5.41) is 8.17. The average Bonchev–Trinajstić information content (AvgIpc) is 3.53. The summed E-state index contributed by atoms with van der Waals surface area (Å²) >= 11 is 5.38. The van der Waals surface area contributed by atoms with E-state index in [1.165, 1.54) is 4.90 Å². The topological polar surface area (TPSA) is 63.3 Å². The van der Waals surface area contributed by atoms with Crippen molar-refractivity contribution < 1.29 is 9.21 Å². The number of hydrogen-bond donors (Lipinski definition) is 1. The maximum absolute atomic E-state index is 13.0. The Bertz CT molecular complexity index is 1260. The van der Waals surface area contributed by atoms with Crippen molar-refractivity contribution in [2.75, 3.05) is 0 Å². The molecule has 3 heterocycles. The van der Waals surface area contributed by atoms with Crippen LogP contribution in [0.25, 0.3) is 23.0 Å². The summed E-state index contributed by atoms with van der Waals surface area (Å²) in [7, 11) is 0. The first kappa shape index (κ1) is 19.0. The van der Waals surface area contributed by atoms with Crippen LogP contribution < -0.4 is 5.32 Å². The Morgan fingerprint density at radius 1 is 1.00 bits per heavy atom. The van der Waals surface area contributed by atoms with Crippen LogP contribution in [-0.2, 0) is 11.3 Å². The van der Waals surface area contributed by atoms with Crippen LogP contribution in [0.5, 0.6) is 0 Å². The Kier molecular flexibility index (Phi) is 4.93. The molecule has 0 spiro atoms. The molecule has 0 bridgehead atoms. The fraction of sp³-hybridized carbons (Fsp3) is 0.0417. The monoisotopic (exact) mass is 426 g/mol. The van der Waals surface area contributed by atoms with E-state index in [1.807, 2.05) is 77.6 Å². The molecule has 1 aliphatic rings. The van der Waals surface area contributed by atoms with E-state index in [2.05, 4.69) is 5.32 Å². The number of aromatic nitrogens is 2. The van der Waals surface area contributed by atoms with Gasteiger partial charge in [-0.3, -0.25) is 9.69 Å². The number of amides is 1. The van der Waals surface area contributed by atoms with Gasteiger partial charge in [-0.2, -0.15) is 5.10 Å². The molecule has 1 amide bonds. The van der Waals surface area contributed by atoms with Crippen molar-refractivity contribution in [1.82, 2.24) is 20.0 Å². The highest BCUT2D eigenvalue weighted by Gasteiger charge is 2.31. The van der Waals surface area contributed by atoms with E-state index in [1.54, 1.807) is 18.4 Å². The molecule has 0 radical (unpaired) electrons. The summed E-state index contributed by atoms with van der Waals surface area (Å²) < 4.78 is 7.17. The first-order chi connectivity index (χ1) is 15.2. The first-order valence-electron chi connectivity index (χ1n) is 9.76. The molecule has 1 aliphatic heterocycles. The summed E-state index contributed by atoms with van der Waals surface area (Å²) in [6.07, 6.45) is 5.29. The van der Waals surface area contributed by atoms with Gasteiger partial charge in [-0.15, -0.1) is 0 Å². The van der Waals surface area contributed by atoms with E-state index in [0.717, 1.165) is 22.5 Å². The smallest absolute Gasteiger partial charge is 0.276 e. The van der Waals surface area contributed by atoms with Crippen LogP contribution in [0, 0.1) is 0 Å². The van der Waals surface area contributed by atoms with Gasteiger partial charge in [0.05, 0.1) is 18.5 Å². The minimum Gasteiger partial charge on any atom is -0.467 e. The third-order valence-corrected chi connectivity index (χ3v) is 5.29. The third-order valence-electron chi connectivity index (χ3n) is 4.97. The first-order valence-corrected chi connectivity index (χ1v) is 10.2. The Balaban J connectivity index is 1.53. The predicted octanol–water partition coefficient (Wildman–Crippen LogP) is 4.39. The van der Waals surface area contributed by atoms with Gasteiger partial charge in [-0.25, -0.2) is 4.68 Å². The minimum absolute atomic E-state index is 0.201. The lowest BCUT2D eigenvalue weighted by Gasteiger charge is -2.11. The van der Waals surface area contributed by atoms with Gasteiger partial charge in [0.2, 0.25) is 0 Å². The lowest BCUT2D eigenvalue weighted by molar-refractivity contribution is -0.122. The highest BCUT2D eigenvalue weighted by Crippen LogP contribution is 2.27. The second-order valence-corrected chi connectivity index (χ2v) is 7.42. The molecule has 1 saturated heterocycles. The molecule has 2 aromatic carbocycles. The molecule has 7 heteroatoms.